The molecule has 0 radical (unpaired) electrons. The molecule has 0 atom stereocenters. The third-order valence-electron chi connectivity index (χ3n) is 2.06. The van der Waals surface area contributed by atoms with Gasteiger partial charge in [-0.15, -0.1) is 11.3 Å². The maximum absolute atomic E-state index is 9.10. The molecular weight excluding hydrogens is 208 g/mol. The highest BCUT2D eigenvalue weighted by atomic mass is 32.1. The molecule has 0 spiro atoms. The van der Waals surface area contributed by atoms with Crippen molar-refractivity contribution in [3.05, 3.63) is 46.4 Å². The van der Waals surface area contributed by atoms with E-state index in [0.29, 0.717) is 5.75 Å². The van der Waals surface area contributed by atoms with Gasteiger partial charge in [0.2, 0.25) is 0 Å². The first-order valence-corrected chi connectivity index (χ1v) is 5.64. The lowest BCUT2D eigenvalue weighted by Crippen LogP contribution is -2.12. The Balaban J connectivity index is 1.81. The zero-order valence-electron chi connectivity index (χ0n) is 8.18. The molecule has 0 fully saturated rings. The maximum Gasteiger partial charge on any atom is 0.115 e. The van der Waals surface area contributed by atoms with Gasteiger partial charge in [-0.3, -0.25) is 0 Å². The van der Waals surface area contributed by atoms with Crippen LogP contribution in [0.3, 0.4) is 0 Å². The van der Waals surface area contributed by atoms with E-state index in [1.807, 2.05) is 23.0 Å². The Morgan fingerprint density at radius 1 is 1.20 bits per heavy atom. The molecule has 1 heterocycles. The molecular formula is C11H12N2OS. The van der Waals surface area contributed by atoms with Crippen molar-refractivity contribution in [2.45, 2.75) is 13.1 Å². The van der Waals surface area contributed by atoms with E-state index < -0.39 is 0 Å². The van der Waals surface area contributed by atoms with Gasteiger partial charge >= 0.3 is 0 Å². The number of hydrogen-bond donors (Lipinski definition) is 2. The van der Waals surface area contributed by atoms with E-state index in [9.17, 15) is 0 Å². The van der Waals surface area contributed by atoms with Crippen LogP contribution in [0.1, 0.15) is 11.3 Å². The number of aromatic nitrogens is 1. The lowest BCUT2D eigenvalue weighted by Gasteiger charge is -2.02. The molecule has 1 aromatic heterocycles. The Morgan fingerprint density at radius 2 is 2.00 bits per heavy atom. The summed E-state index contributed by atoms with van der Waals surface area (Å²) in [6, 6.07) is 7.20. The summed E-state index contributed by atoms with van der Waals surface area (Å²) in [4.78, 5) is 4.18. The highest BCUT2D eigenvalue weighted by Gasteiger charge is 1.95. The lowest BCUT2D eigenvalue weighted by atomic mass is 10.2. The fourth-order valence-electron chi connectivity index (χ4n) is 1.27. The van der Waals surface area contributed by atoms with Crippen molar-refractivity contribution < 1.29 is 5.11 Å². The fourth-order valence-corrected chi connectivity index (χ4v) is 1.83. The first kappa shape index (κ1) is 10.1. The molecule has 4 heteroatoms. The molecule has 0 amide bonds. The topological polar surface area (TPSA) is 45.1 Å². The van der Waals surface area contributed by atoms with Crippen LogP contribution in [0.5, 0.6) is 5.75 Å². The van der Waals surface area contributed by atoms with Gasteiger partial charge in [-0.1, -0.05) is 12.1 Å². The van der Waals surface area contributed by atoms with E-state index in [0.717, 1.165) is 24.3 Å². The number of thiazole rings is 1. The second-order valence-corrected chi connectivity index (χ2v) is 3.97. The van der Waals surface area contributed by atoms with Crippen molar-refractivity contribution in [3.8, 4) is 5.75 Å². The second-order valence-electron chi connectivity index (χ2n) is 3.25. The summed E-state index contributed by atoms with van der Waals surface area (Å²) < 4.78 is 0. The van der Waals surface area contributed by atoms with Crippen LogP contribution in [-0.2, 0) is 13.1 Å². The molecule has 0 saturated carbocycles. The monoisotopic (exact) mass is 220 g/mol. The molecule has 0 aliphatic heterocycles. The standard InChI is InChI=1S/C11H12N2OS/c14-11-3-1-9(2-4-11)5-12-6-10-7-15-8-13-10/h1-4,7-8,12,14H,5-6H2. The number of nitrogens with zero attached hydrogens (tertiary/aromatic N) is 1. The van der Waals surface area contributed by atoms with Crippen molar-refractivity contribution in [1.82, 2.24) is 10.3 Å². The van der Waals surface area contributed by atoms with Crippen molar-refractivity contribution >= 4 is 11.3 Å². The van der Waals surface area contributed by atoms with Crippen LogP contribution in [0.15, 0.2) is 35.2 Å². The van der Waals surface area contributed by atoms with Crippen LogP contribution in [0, 0.1) is 0 Å². The summed E-state index contributed by atoms with van der Waals surface area (Å²) in [7, 11) is 0. The molecule has 2 rings (SSSR count). The van der Waals surface area contributed by atoms with Gasteiger partial charge in [-0.05, 0) is 17.7 Å². The van der Waals surface area contributed by atoms with E-state index in [2.05, 4.69) is 10.3 Å². The molecule has 0 bridgehead atoms. The number of phenols is 1. The maximum atomic E-state index is 9.10. The molecule has 78 valence electrons. The van der Waals surface area contributed by atoms with E-state index in [4.69, 9.17) is 5.11 Å². The van der Waals surface area contributed by atoms with Crippen molar-refractivity contribution in [1.29, 1.82) is 0 Å². The summed E-state index contributed by atoms with van der Waals surface area (Å²) in [6.07, 6.45) is 0. The van der Waals surface area contributed by atoms with Gasteiger partial charge in [0.05, 0.1) is 11.2 Å². The lowest BCUT2D eigenvalue weighted by molar-refractivity contribution is 0.475. The Hall–Kier alpha value is -1.39. The van der Waals surface area contributed by atoms with Crippen LogP contribution in [-0.4, -0.2) is 10.1 Å². The molecule has 2 aromatic rings. The van der Waals surface area contributed by atoms with Gasteiger partial charge in [-0.2, -0.15) is 0 Å². The van der Waals surface area contributed by atoms with E-state index in [-0.39, 0.29) is 0 Å². The summed E-state index contributed by atoms with van der Waals surface area (Å²) in [5.41, 5.74) is 4.05. The molecule has 1 aromatic carbocycles. The number of hydrogen-bond acceptors (Lipinski definition) is 4. The number of benzene rings is 1. The molecule has 0 saturated heterocycles. The highest BCUT2D eigenvalue weighted by molar-refractivity contribution is 7.07. The quantitative estimate of drug-likeness (QED) is 0.829. The van der Waals surface area contributed by atoms with Gasteiger partial charge < -0.3 is 10.4 Å². The van der Waals surface area contributed by atoms with Crippen LogP contribution < -0.4 is 5.32 Å². The van der Waals surface area contributed by atoms with Gasteiger partial charge in [0, 0.05) is 18.5 Å². The van der Waals surface area contributed by atoms with Crippen molar-refractivity contribution in [2.75, 3.05) is 0 Å². The molecule has 0 aliphatic carbocycles. The predicted octanol–water partition coefficient (Wildman–Crippen LogP) is 2.14. The third-order valence-corrected chi connectivity index (χ3v) is 2.69. The summed E-state index contributed by atoms with van der Waals surface area (Å²) >= 11 is 1.60. The Morgan fingerprint density at radius 3 is 2.67 bits per heavy atom. The summed E-state index contributed by atoms with van der Waals surface area (Å²) in [5.74, 6) is 0.304. The minimum Gasteiger partial charge on any atom is -0.508 e. The Labute approximate surface area is 92.4 Å². The minimum atomic E-state index is 0.304. The zero-order chi connectivity index (χ0) is 10.5. The average molecular weight is 220 g/mol. The molecule has 2 N–H and O–H groups in total. The smallest absolute Gasteiger partial charge is 0.115 e. The van der Waals surface area contributed by atoms with Crippen LogP contribution in [0.4, 0.5) is 0 Å². The Kier molecular flexibility index (Phi) is 3.32. The largest absolute Gasteiger partial charge is 0.508 e. The van der Waals surface area contributed by atoms with Crippen LogP contribution in [0.2, 0.25) is 0 Å². The van der Waals surface area contributed by atoms with Gasteiger partial charge in [0.15, 0.2) is 0 Å². The fraction of sp³-hybridized carbons (Fsp3) is 0.182. The molecule has 0 unspecified atom stereocenters. The zero-order valence-corrected chi connectivity index (χ0v) is 9.00. The third kappa shape index (κ3) is 3.04. The minimum absolute atomic E-state index is 0.304. The highest BCUT2D eigenvalue weighted by Crippen LogP contribution is 2.09. The van der Waals surface area contributed by atoms with Crippen molar-refractivity contribution in [3.63, 3.8) is 0 Å². The van der Waals surface area contributed by atoms with Gasteiger partial charge in [0.1, 0.15) is 5.75 Å². The SMILES string of the molecule is Oc1ccc(CNCc2cscn2)cc1. The van der Waals surface area contributed by atoms with E-state index in [1.54, 1.807) is 23.5 Å². The second kappa shape index (κ2) is 4.91. The Bertz CT molecular complexity index is 397. The number of phenolic OH excluding ortho intramolecular Hbond substituents is 1. The molecule has 3 nitrogen and oxygen atoms in total. The van der Waals surface area contributed by atoms with E-state index in [1.165, 1.54) is 0 Å². The van der Waals surface area contributed by atoms with Crippen LogP contribution >= 0.6 is 11.3 Å². The summed E-state index contributed by atoms with van der Waals surface area (Å²) in [6.45, 7) is 1.57. The average Bonchev–Trinajstić information content (AvgIpc) is 2.74. The van der Waals surface area contributed by atoms with Gasteiger partial charge in [-0.25, -0.2) is 4.98 Å². The predicted molar refractivity (Wildman–Crippen MR) is 60.8 cm³/mol. The van der Waals surface area contributed by atoms with Crippen LogP contribution in [0.25, 0.3) is 0 Å². The first-order chi connectivity index (χ1) is 7.34. The van der Waals surface area contributed by atoms with Gasteiger partial charge in [0.25, 0.3) is 0 Å². The molecule has 0 aliphatic rings. The molecule has 15 heavy (non-hydrogen) atoms. The summed E-state index contributed by atoms with van der Waals surface area (Å²) in [5, 5.41) is 14.4. The normalized spacial score (nSPS) is 10.4. The first-order valence-electron chi connectivity index (χ1n) is 4.70. The number of rotatable bonds is 4. The number of aromatic hydroxyl groups is 1. The van der Waals surface area contributed by atoms with E-state index >= 15 is 0 Å². The number of nitrogens with one attached hydrogen (secondary N) is 1. The van der Waals surface area contributed by atoms with Crippen molar-refractivity contribution in [2.24, 2.45) is 0 Å².